The van der Waals surface area contributed by atoms with E-state index in [-0.39, 0.29) is 26.1 Å². The first kappa shape index (κ1) is 21.8. The predicted octanol–water partition coefficient (Wildman–Crippen LogP) is 5.22. The van der Waals surface area contributed by atoms with Crippen LogP contribution in [0.1, 0.15) is 13.8 Å². The molecule has 0 heterocycles. The number of carboxylic acid groups (broad SMARTS) is 1. The molecule has 0 radical (unpaired) electrons. The van der Waals surface area contributed by atoms with Gasteiger partial charge in [-0.3, -0.25) is 0 Å². The molecule has 0 aliphatic rings. The molecule has 0 aromatic heterocycles. The zero-order valence-electron chi connectivity index (χ0n) is 16.1. The molecule has 3 aromatic rings. The van der Waals surface area contributed by atoms with Crippen molar-refractivity contribution in [2.45, 2.75) is 29.2 Å². The van der Waals surface area contributed by atoms with Gasteiger partial charge in [-0.05, 0) is 61.9 Å². The minimum atomic E-state index is -3.84. The zero-order valence-corrected chi connectivity index (χ0v) is 17.7. The maximum Gasteiger partial charge on any atom is 0.347 e. The van der Waals surface area contributed by atoms with E-state index in [1.807, 2.05) is 0 Å². The topological polar surface area (TPSA) is 80.7 Å². The van der Waals surface area contributed by atoms with Crippen LogP contribution in [0.25, 0.3) is 11.1 Å². The van der Waals surface area contributed by atoms with Crippen LogP contribution in [0, 0.1) is 5.82 Å². The first-order chi connectivity index (χ1) is 14.0. The fourth-order valence-corrected chi connectivity index (χ4v) is 4.57. The average molecular weight is 449 g/mol. The highest BCUT2D eigenvalue weighted by molar-refractivity contribution is 7.91. The molecule has 0 bridgehead atoms. The molecule has 0 amide bonds. The maximum atomic E-state index is 13.9. The summed E-state index contributed by atoms with van der Waals surface area (Å²) >= 11 is 6.28. The summed E-state index contributed by atoms with van der Waals surface area (Å²) in [5.74, 6) is -1.64. The third kappa shape index (κ3) is 4.32. The molecule has 3 rings (SSSR count). The zero-order chi connectivity index (χ0) is 22.1. The van der Waals surface area contributed by atoms with Crippen molar-refractivity contribution in [1.82, 2.24) is 0 Å². The second-order valence-corrected chi connectivity index (χ2v) is 9.35. The van der Waals surface area contributed by atoms with Crippen LogP contribution in [0.4, 0.5) is 4.39 Å². The monoisotopic (exact) mass is 448 g/mol. The van der Waals surface area contributed by atoms with Crippen LogP contribution in [0.2, 0.25) is 5.02 Å². The molecule has 1 N–H and O–H groups in total. The van der Waals surface area contributed by atoms with Crippen LogP contribution in [-0.2, 0) is 14.6 Å². The van der Waals surface area contributed by atoms with Gasteiger partial charge in [-0.1, -0.05) is 35.9 Å². The Morgan fingerprint density at radius 2 is 1.70 bits per heavy atom. The fraction of sp³-hybridized carbons (Fsp3) is 0.136. The van der Waals surface area contributed by atoms with Crippen molar-refractivity contribution >= 4 is 27.4 Å². The summed E-state index contributed by atoms with van der Waals surface area (Å²) in [5.41, 5.74) is -0.940. The van der Waals surface area contributed by atoms with E-state index in [1.165, 1.54) is 56.3 Å². The van der Waals surface area contributed by atoms with Crippen LogP contribution < -0.4 is 4.74 Å². The van der Waals surface area contributed by atoms with E-state index in [0.717, 1.165) is 6.07 Å². The highest BCUT2D eigenvalue weighted by Gasteiger charge is 2.30. The minimum Gasteiger partial charge on any atom is -0.478 e. The number of ether oxygens (including phenoxy) is 1. The van der Waals surface area contributed by atoms with Gasteiger partial charge >= 0.3 is 5.97 Å². The summed E-state index contributed by atoms with van der Waals surface area (Å²) in [6, 6.07) is 15.7. The molecule has 5 nitrogen and oxygen atoms in total. The second kappa shape index (κ2) is 8.08. The molecule has 8 heteroatoms. The summed E-state index contributed by atoms with van der Waals surface area (Å²) in [6.07, 6.45) is 0. The van der Waals surface area contributed by atoms with E-state index in [0.29, 0.717) is 5.56 Å². The molecule has 0 saturated carbocycles. The first-order valence-corrected chi connectivity index (χ1v) is 10.7. The Hall–Kier alpha value is -2.90. The summed E-state index contributed by atoms with van der Waals surface area (Å²) in [6.45, 7) is 2.73. The van der Waals surface area contributed by atoms with Crippen molar-refractivity contribution in [3.05, 3.63) is 77.6 Å². The highest BCUT2D eigenvalue weighted by atomic mass is 35.5. The number of carboxylic acids is 1. The van der Waals surface area contributed by atoms with E-state index in [9.17, 15) is 22.7 Å². The molecule has 0 atom stereocenters. The quantitative estimate of drug-likeness (QED) is 0.559. The third-order valence-corrected chi connectivity index (χ3v) is 6.66. The van der Waals surface area contributed by atoms with Gasteiger partial charge in [0.2, 0.25) is 9.84 Å². The molecule has 0 fully saturated rings. The summed E-state index contributed by atoms with van der Waals surface area (Å²) < 4.78 is 45.2. The van der Waals surface area contributed by atoms with Crippen LogP contribution in [0.5, 0.6) is 5.75 Å². The number of benzene rings is 3. The van der Waals surface area contributed by atoms with E-state index in [1.54, 1.807) is 18.2 Å². The Kier molecular flexibility index (Phi) is 5.87. The van der Waals surface area contributed by atoms with Crippen molar-refractivity contribution in [1.29, 1.82) is 0 Å². The number of sulfone groups is 1. The Balaban J connectivity index is 2.08. The normalized spacial score (nSPS) is 11.9. The molecular formula is C22H18ClFO5S. The van der Waals surface area contributed by atoms with Gasteiger partial charge in [-0.15, -0.1) is 0 Å². The van der Waals surface area contributed by atoms with Gasteiger partial charge in [0.15, 0.2) is 5.60 Å². The second-order valence-electron chi connectivity index (χ2n) is 7.02. The Bertz CT molecular complexity index is 1210. The molecule has 3 aromatic carbocycles. The van der Waals surface area contributed by atoms with Crippen molar-refractivity contribution in [3.63, 3.8) is 0 Å². The van der Waals surface area contributed by atoms with Gasteiger partial charge in [-0.2, -0.15) is 0 Å². The van der Waals surface area contributed by atoms with Crippen molar-refractivity contribution in [3.8, 4) is 16.9 Å². The van der Waals surface area contributed by atoms with E-state index in [4.69, 9.17) is 16.3 Å². The van der Waals surface area contributed by atoms with Gasteiger partial charge in [-0.25, -0.2) is 17.6 Å². The molecule has 156 valence electrons. The van der Waals surface area contributed by atoms with Crippen molar-refractivity contribution < 1.29 is 27.4 Å². The Morgan fingerprint density at radius 1 is 1.03 bits per heavy atom. The fourth-order valence-electron chi connectivity index (χ4n) is 2.75. The van der Waals surface area contributed by atoms with Gasteiger partial charge in [0.05, 0.1) is 14.8 Å². The van der Waals surface area contributed by atoms with E-state index < -0.39 is 27.2 Å². The van der Waals surface area contributed by atoms with Gasteiger partial charge in [0.1, 0.15) is 11.6 Å². The number of hydrogen-bond donors (Lipinski definition) is 1. The third-order valence-electron chi connectivity index (χ3n) is 4.41. The molecule has 0 aliphatic heterocycles. The van der Waals surface area contributed by atoms with Gasteiger partial charge in [0, 0.05) is 5.56 Å². The van der Waals surface area contributed by atoms with Crippen LogP contribution >= 0.6 is 11.6 Å². The van der Waals surface area contributed by atoms with Gasteiger partial charge < -0.3 is 9.84 Å². The van der Waals surface area contributed by atoms with Gasteiger partial charge in [0.25, 0.3) is 0 Å². The lowest BCUT2D eigenvalue weighted by atomic mass is 10.0. The summed E-state index contributed by atoms with van der Waals surface area (Å²) in [7, 11) is -3.84. The Labute approximate surface area is 178 Å². The largest absolute Gasteiger partial charge is 0.478 e. The molecule has 30 heavy (non-hydrogen) atoms. The summed E-state index contributed by atoms with van der Waals surface area (Å²) in [5, 5.41) is 9.26. The van der Waals surface area contributed by atoms with Crippen LogP contribution in [-0.4, -0.2) is 25.1 Å². The Morgan fingerprint density at radius 3 is 2.30 bits per heavy atom. The van der Waals surface area contributed by atoms with Crippen molar-refractivity contribution in [2.75, 3.05) is 0 Å². The van der Waals surface area contributed by atoms with E-state index in [2.05, 4.69) is 0 Å². The van der Waals surface area contributed by atoms with Crippen molar-refractivity contribution in [2.24, 2.45) is 0 Å². The smallest absolute Gasteiger partial charge is 0.347 e. The molecule has 0 aliphatic carbocycles. The summed E-state index contributed by atoms with van der Waals surface area (Å²) in [4.78, 5) is 11.4. The molecule has 0 saturated heterocycles. The number of rotatable bonds is 6. The minimum absolute atomic E-state index is 0.0518. The van der Waals surface area contributed by atoms with Crippen LogP contribution in [0.15, 0.2) is 76.5 Å². The van der Waals surface area contributed by atoms with Crippen LogP contribution in [0.3, 0.4) is 0 Å². The number of hydrogen-bond acceptors (Lipinski definition) is 4. The average Bonchev–Trinajstić information content (AvgIpc) is 2.69. The molecule has 0 unspecified atom stereocenters. The number of aliphatic carboxylic acids is 1. The number of halogens is 2. The number of carbonyl (C=O) groups is 1. The lowest BCUT2D eigenvalue weighted by Gasteiger charge is -2.23. The van der Waals surface area contributed by atoms with E-state index >= 15 is 0 Å². The molecular weight excluding hydrogens is 431 g/mol. The molecule has 0 spiro atoms. The SMILES string of the molecule is CC(C)(Oc1ccc(F)cc1-c1ccc(S(=O)(=O)c2ccccc2)c(Cl)c1)C(=O)O. The lowest BCUT2D eigenvalue weighted by Crippen LogP contribution is -2.38. The predicted molar refractivity (Wildman–Crippen MR) is 111 cm³/mol. The lowest BCUT2D eigenvalue weighted by molar-refractivity contribution is -0.152. The maximum absolute atomic E-state index is 13.9. The standard InChI is InChI=1S/C22H18ClFO5S/c1-22(2,21(25)26)29-19-10-9-15(24)13-17(19)14-8-11-20(18(23)12-14)30(27,28)16-6-4-3-5-7-16/h3-13H,1-2H3,(H,25,26). The highest BCUT2D eigenvalue weighted by Crippen LogP contribution is 2.37. The first-order valence-electron chi connectivity index (χ1n) is 8.84.